The maximum atomic E-state index is 13.1. The summed E-state index contributed by atoms with van der Waals surface area (Å²) in [5.41, 5.74) is 3.45. The highest BCUT2D eigenvalue weighted by molar-refractivity contribution is 7.91. The van der Waals surface area contributed by atoms with Crippen LogP contribution < -0.4 is 10.1 Å². The van der Waals surface area contributed by atoms with Gasteiger partial charge in [-0.3, -0.25) is 9.79 Å². The van der Waals surface area contributed by atoms with Gasteiger partial charge in [-0.2, -0.15) is 0 Å². The van der Waals surface area contributed by atoms with Crippen LogP contribution in [0, 0.1) is 0 Å². The average Bonchev–Trinajstić information content (AvgIpc) is 3.13. The van der Waals surface area contributed by atoms with Gasteiger partial charge in [-0.25, -0.2) is 8.42 Å². The number of benzene rings is 3. The summed E-state index contributed by atoms with van der Waals surface area (Å²) in [7, 11) is -2.11. The molecule has 1 aliphatic carbocycles. The Balaban J connectivity index is 1.55. The summed E-state index contributed by atoms with van der Waals surface area (Å²) in [6, 6.07) is 18.7. The first-order valence-corrected chi connectivity index (χ1v) is 12.5. The van der Waals surface area contributed by atoms with Crippen molar-refractivity contribution in [3.8, 4) is 5.75 Å². The Morgan fingerprint density at radius 3 is 2.62 bits per heavy atom. The number of ether oxygens (including phenoxy) is 1. The molecule has 4 rings (SSSR count). The number of sulfone groups is 1. The minimum absolute atomic E-state index is 0.198. The second-order valence-corrected chi connectivity index (χ2v) is 10.3. The number of aliphatic hydroxyl groups is 1. The third kappa shape index (κ3) is 5.03. The first kappa shape index (κ1) is 23.7. The number of hydrogen-bond donors (Lipinski definition) is 2. The van der Waals surface area contributed by atoms with Gasteiger partial charge >= 0.3 is 0 Å². The van der Waals surface area contributed by atoms with E-state index in [-0.39, 0.29) is 16.6 Å². The molecule has 2 atom stereocenters. The van der Waals surface area contributed by atoms with E-state index in [0.717, 1.165) is 16.7 Å². The van der Waals surface area contributed by atoms with Crippen molar-refractivity contribution >= 4 is 28.1 Å². The topological polar surface area (TPSA) is 105 Å². The molecule has 0 fully saturated rings. The maximum Gasteiger partial charge on any atom is 0.255 e. The van der Waals surface area contributed by atoms with Crippen molar-refractivity contribution < 1.29 is 23.1 Å². The highest BCUT2D eigenvalue weighted by Crippen LogP contribution is 2.37. The monoisotopic (exact) mass is 478 g/mol. The third-order valence-electron chi connectivity index (χ3n) is 6.00. The minimum Gasteiger partial charge on any atom is -0.497 e. The van der Waals surface area contributed by atoms with Gasteiger partial charge in [0.1, 0.15) is 5.75 Å². The predicted molar refractivity (Wildman–Crippen MR) is 132 cm³/mol. The van der Waals surface area contributed by atoms with Gasteiger partial charge in [-0.15, -0.1) is 0 Å². The number of carbonyl (C=O) groups is 1. The average molecular weight is 479 g/mol. The number of amides is 1. The maximum absolute atomic E-state index is 13.1. The standard InChI is InChI=1S/C26H26N2O5S/c1-27-15-17-6-10-22(11-7-17)34(31,32)16-24-23-14-20(9-8-18(23)13-25(24)29)28-26(30)19-4-3-5-21(12-19)33-2/h3-12,14,24-25,29H,1,13,15-16H2,2H3,(H,28,30). The van der Waals surface area contributed by atoms with Crippen LogP contribution in [0.5, 0.6) is 5.75 Å². The fourth-order valence-corrected chi connectivity index (χ4v) is 5.83. The molecule has 2 N–H and O–H groups in total. The number of aliphatic hydroxyl groups excluding tert-OH is 1. The SMILES string of the molecule is C=NCc1ccc(S(=O)(=O)CC2c3cc(NC(=O)c4cccc(OC)c4)ccc3CC2O)cc1. The van der Waals surface area contributed by atoms with E-state index in [2.05, 4.69) is 17.0 Å². The van der Waals surface area contributed by atoms with Crippen LogP contribution in [0.2, 0.25) is 0 Å². The van der Waals surface area contributed by atoms with Crippen LogP contribution in [0.1, 0.15) is 33.0 Å². The van der Waals surface area contributed by atoms with Crippen molar-refractivity contribution in [3.05, 3.63) is 89.0 Å². The minimum atomic E-state index is -3.65. The fourth-order valence-electron chi connectivity index (χ4n) is 4.21. The van der Waals surface area contributed by atoms with E-state index in [1.54, 1.807) is 60.7 Å². The van der Waals surface area contributed by atoms with Crippen LogP contribution in [0.25, 0.3) is 0 Å². The molecule has 1 aliphatic rings. The fraction of sp³-hybridized carbons (Fsp3) is 0.231. The van der Waals surface area contributed by atoms with Crippen molar-refractivity contribution in [3.63, 3.8) is 0 Å². The van der Waals surface area contributed by atoms with Crippen molar-refractivity contribution in [1.29, 1.82) is 0 Å². The van der Waals surface area contributed by atoms with Crippen LogP contribution in [0.3, 0.4) is 0 Å². The van der Waals surface area contributed by atoms with E-state index in [4.69, 9.17) is 4.74 Å². The Labute approximate surface area is 199 Å². The van der Waals surface area contributed by atoms with Crippen molar-refractivity contribution in [2.75, 3.05) is 18.2 Å². The molecule has 7 nitrogen and oxygen atoms in total. The summed E-state index contributed by atoms with van der Waals surface area (Å²) in [5, 5.41) is 13.5. The molecule has 3 aromatic rings. The first-order chi connectivity index (χ1) is 16.3. The number of nitrogens with zero attached hydrogens (tertiary/aromatic N) is 1. The van der Waals surface area contributed by atoms with Crippen molar-refractivity contribution in [1.82, 2.24) is 0 Å². The summed E-state index contributed by atoms with van der Waals surface area (Å²) < 4.78 is 31.4. The molecule has 0 saturated carbocycles. The van der Waals surface area contributed by atoms with Gasteiger partial charge in [0.05, 0.1) is 30.4 Å². The lowest BCUT2D eigenvalue weighted by molar-refractivity contribution is 0.102. The number of aliphatic imine (C=N–C) groups is 1. The zero-order valence-corrected chi connectivity index (χ0v) is 19.6. The summed E-state index contributed by atoms with van der Waals surface area (Å²) >= 11 is 0. The number of methoxy groups -OCH3 is 1. The van der Waals surface area contributed by atoms with Crippen LogP contribution >= 0.6 is 0 Å². The van der Waals surface area contributed by atoms with Crippen LogP contribution in [-0.2, 0) is 22.8 Å². The molecule has 176 valence electrons. The highest BCUT2D eigenvalue weighted by atomic mass is 32.2. The molecule has 1 amide bonds. The number of carbonyl (C=O) groups excluding carboxylic acids is 1. The molecule has 0 saturated heterocycles. The van der Waals surface area contributed by atoms with Gasteiger partial charge in [0.15, 0.2) is 9.84 Å². The van der Waals surface area contributed by atoms with Crippen LogP contribution in [0.15, 0.2) is 76.6 Å². The molecule has 0 aromatic heterocycles. The summed E-state index contributed by atoms with van der Waals surface area (Å²) in [5.74, 6) is -0.560. The summed E-state index contributed by atoms with van der Waals surface area (Å²) in [6.45, 7) is 3.86. The Morgan fingerprint density at radius 1 is 1.15 bits per heavy atom. The van der Waals surface area contributed by atoms with Crippen molar-refractivity contribution in [2.45, 2.75) is 29.9 Å². The summed E-state index contributed by atoms with van der Waals surface area (Å²) in [6.07, 6.45) is -0.456. The number of nitrogens with one attached hydrogen (secondary N) is 1. The number of hydrogen-bond acceptors (Lipinski definition) is 6. The van der Waals surface area contributed by atoms with Crippen molar-refractivity contribution in [2.24, 2.45) is 4.99 Å². The van der Waals surface area contributed by atoms with Gasteiger partial charge in [0.2, 0.25) is 0 Å². The van der Waals surface area contributed by atoms with Crippen LogP contribution in [0.4, 0.5) is 5.69 Å². The molecule has 34 heavy (non-hydrogen) atoms. The van der Waals surface area contributed by atoms with E-state index in [1.165, 1.54) is 7.11 Å². The largest absolute Gasteiger partial charge is 0.497 e. The number of anilines is 1. The van der Waals surface area contributed by atoms with Gasteiger partial charge in [0, 0.05) is 17.2 Å². The molecule has 8 heteroatoms. The van der Waals surface area contributed by atoms with Gasteiger partial charge in [-0.05, 0) is 72.3 Å². The predicted octanol–water partition coefficient (Wildman–Crippen LogP) is 3.62. The normalized spacial score (nSPS) is 17.1. The molecule has 3 aromatic carbocycles. The summed E-state index contributed by atoms with van der Waals surface area (Å²) in [4.78, 5) is 16.7. The lowest BCUT2D eigenvalue weighted by Crippen LogP contribution is -2.22. The lowest BCUT2D eigenvalue weighted by atomic mass is 10.0. The third-order valence-corrected chi connectivity index (χ3v) is 7.79. The zero-order valence-electron chi connectivity index (χ0n) is 18.8. The smallest absolute Gasteiger partial charge is 0.255 e. The first-order valence-electron chi connectivity index (χ1n) is 10.8. The molecule has 0 spiro atoms. The van der Waals surface area contributed by atoms with Gasteiger partial charge < -0.3 is 15.2 Å². The lowest BCUT2D eigenvalue weighted by Gasteiger charge is -2.17. The molecule has 0 radical (unpaired) electrons. The second-order valence-electron chi connectivity index (χ2n) is 8.28. The molecular weight excluding hydrogens is 452 g/mol. The quantitative estimate of drug-likeness (QED) is 0.481. The van der Waals surface area contributed by atoms with E-state index >= 15 is 0 Å². The molecular formula is C26H26N2O5S. The van der Waals surface area contributed by atoms with E-state index < -0.39 is 21.9 Å². The van der Waals surface area contributed by atoms with E-state index in [0.29, 0.717) is 30.0 Å². The Morgan fingerprint density at radius 2 is 1.91 bits per heavy atom. The number of rotatable bonds is 8. The zero-order chi connectivity index (χ0) is 24.3. The van der Waals surface area contributed by atoms with Crippen LogP contribution in [-0.4, -0.2) is 45.1 Å². The Bertz CT molecular complexity index is 1320. The molecule has 0 bridgehead atoms. The molecule has 2 unspecified atom stereocenters. The van der Waals surface area contributed by atoms with E-state index in [1.807, 2.05) is 6.07 Å². The second kappa shape index (κ2) is 9.79. The molecule has 0 heterocycles. The Kier molecular flexibility index (Phi) is 6.81. The van der Waals surface area contributed by atoms with Gasteiger partial charge in [0.25, 0.3) is 5.91 Å². The highest BCUT2D eigenvalue weighted by Gasteiger charge is 2.35. The van der Waals surface area contributed by atoms with E-state index in [9.17, 15) is 18.3 Å². The number of fused-ring (bicyclic) bond motifs is 1. The van der Waals surface area contributed by atoms with Gasteiger partial charge in [-0.1, -0.05) is 24.3 Å². The molecule has 0 aliphatic heterocycles. The Hall–Kier alpha value is -3.49.